The fourth-order valence-corrected chi connectivity index (χ4v) is 5.38. The molecule has 0 N–H and O–H groups in total. The summed E-state index contributed by atoms with van der Waals surface area (Å²) in [6.45, 7) is 0. The van der Waals surface area contributed by atoms with Gasteiger partial charge in [-0.1, -0.05) is 50.7 Å². The van der Waals surface area contributed by atoms with Gasteiger partial charge in [-0.15, -0.1) is 0 Å². The van der Waals surface area contributed by atoms with Crippen LogP contribution >= 0.6 is 50.7 Å². The fourth-order valence-electron chi connectivity index (χ4n) is 2.67. The van der Waals surface area contributed by atoms with Gasteiger partial charge >= 0.3 is 0 Å². The molecule has 0 heterocycles. The molecule has 2 bridgehead atoms. The van der Waals surface area contributed by atoms with E-state index in [-0.39, 0.29) is 5.92 Å². The van der Waals surface area contributed by atoms with E-state index < -0.39 is 3.79 Å². The van der Waals surface area contributed by atoms with Gasteiger partial charge in [0.05, 0.1) is 0 Å². The molecule has 4 atom stereocenters. The first kappa shape index (κ1) is 9.89. The minimum absolute atomic E-state index is 0.223. The van der Waals surface area contributed by atoms with Crippen LogP contribution in [0.15, 0.2) is 0 Å². The van der Waals surface area contributed by atoms with E-state index in [1.54, 1.807) is 0 Å². The van der Waals surface area contributed by atoms with Crippen LogP contribution in [-0.2, 0) is 0 Å². The molecular weight excluding hydrogens is 282 g/mol. The van der Waals surface area contributed by atoms with Crippen molar-refractivity contribution in [2.24, 2.45) is 17.8 Å². The van der Waals surface area contributed by atoms with Crippen LogP contribution in [0.5, 0.6) is 0 Å². The largest absolute Gasteiger partial charge is 0.194 e. The highest BCUT2D eigenvalue weighted by molar-refractivity contribution is 9.09. The van der Waals surface area contributed by atoms with Crippen LogP contribution in [0.4, 0.5) is 0 Å². The van der Waals surface area contributed by atoms with Crippen LogP contribution in [0.3, 0.4) is 0 Å². The molecule has 0 aliphatic heterocycles. The maximum absolute atomic E-state index is 5.93. The molecule has 0 nitrogen and oxygen atoms in total. The molecule has 2 aliphatic rings. The fraction of sp³-hybridized carbons (Fsp3) is 1.00. The average molecular weight is 292 g/mol. The van der Waals surface area contributed by atoms with Gasteiger partial charge in [0.2, 0.25) is 0 Å². The predicted molar refractivity (Wildman–Crippen MR) is 57.3 cm³/mol. The Morgan fingerprint density at radius 1 is 1.08 bits per heavy atom. The van der Waals surface area contributed by atoms with E-state index in [9.17, 15) is 0 Å². The van der Waals surface area contributed by atoms with Crippen molar-refractivity contribution in [1.29, 1.82) is 0 Å². The zero-order chi connectivity index (χ0) is 8.93. The second-order valence-electron chi connectivity index (χ2n) is 3.85. The topological polar surface area (TPSA) is 0 Å². The minimum atomic E-state index is -1.08. The van der Waals surface area contributed by atoms with Gasteiger partial charge in [-0.25, -0.2) is 0 Å². The Balaban J connectivity index is 2.17. The van der Waals surface area contributed by atoms with Gasteiger partial charge in [0, 0.05) is 10.7 Å². The third kappa shape index (κ3) is 1.51. The highest BCUT2D eigenvalue weighted by Crippen LogP contribution is 2.58. The zero-order valence-corrected chi connectivity index (χ0v) is 10.3. The van der Waals surface area contributed by atoms with Crippen LogP contribution in [0, 0.1) is 17.8 Å². The van der Waals surface area contributed by atoms with Gasteiger partial charge in [-0.05, 0) is 31.1 Å². The molecule has 2 rings (SSSR count). The van der Waals surface area contributed by atoms with Crippen LogP contribution < -0.4 is 0 Å². The molecule has 0 spiro atoms. The van der Waals surface area contributed by atoms with Gasteiger partial charge in [0.1, 0.15) is 0 Å². The summed E-state index contributed by atoms with van der Waals surface area (Å²) in [5, 5.41) is 0. The highest BCUT2D eigenvalue weighted by atomic mass is 79.9. The maximum Gasteiger partial charge on any atom is 0.194 e. The normalized spacial score (nSPS) is 47.0. The smallest absolute Gasteiger partial charge is 0.0883 e. The van der Waals surface area contributed by atoms with E-state index in [2.05, 4.69) is 15.9 Å². The van der Waals surface area contributed by atoms with Crippen LogP contribution in [0.2, 0.25) is 0 Å². The zero-order valence-electron chi connectivity index (χ0n) is 6.44. The number of rotatable bonds is 0. The monoisotopic (exact) mass is 290 g/mol. The lowest BCUT2D eigenvalue weighted by atomic mass is 9.90. The van der Waals surface area contributed by atoms with E-state index in [4.69, 9.17) is 34.8 Å². The molecule has 2 unspecified atom stereocenters. The van der Waals surface area contributed by atoms with E-state index in [0.717, 1.165) is 5.92 Å². The van der Waals surface area contributed by atoms with Crippen molar-refractivity contribution in [3.63, 3.8) is 0 Å². The Labute approximate surface area is 96.1 Å². The summed E-state index contributed by atoms with van der Waals surface area (Å²) in [5.41, 5.74) is 0. The highest BCUT2D eigenvalue weighted by Gasteiger charge is 2.54. The minimum Gasteiger partial charge on any atom is -0.0883 e. The van der Waals surface area contributed by atoms with Crippen LogP contribution in [0.25, 0.3) is 0 Å². The standard InChI is InChI=1S/C8H10BrCl3/c9-7-5-2-1-4(3-5)6(7)8(10,11)12/h4-7H,1-3H2/t4?,5?,6-,7+/m1/s1. The Bertz CT molecular complexity index is 187. The summed E-state index contributed by atoms with van der Waals surface area (Å²) in [4.78, 5) is 0.420. The van der Waals surface area contributed by atoms with Crippen molar-refractivity contribution < 1.29 is 0 Å². The van der Waals surface area contributed by atoms with Gasteiger partial charge < -0.3 is 0 Å². The lowest BCUT2D eigenvalue weighted by Gasteiger charge is -2.32. The molecule has 4 heteroatoms. The summed E-state index contributed by atoms with van der Waals surface area (Å²) < 4.78 is -1.08. The van der Waals surface area contributed by atoms with Crippen LogP contribution in [-0.4, -0.2) is 8.62 Å². The van der Waals surface area contributed by atoms with Crippen molar-refractivity contribution in [2.45, 2.75) is 27.9 Å². The Morgan fingerprint density at radius 3 is 2.00 bits per heavy atom. The Kier molecular flexibility index (Phi) is 2.62. The molecule has 0 aromatic rings. The number of hydrogen-bond acceptors (Lipinski definition) is 0. The molecule has 2 fully saturated rings. The Morgan fingerprint density at radius 2 is 1.67 bits per heavy atom. The summed E-state index contributed by atoms with van der Waals surface area (Å²) >= 11 is 21.4. The molecular formula is C8H10BrCl3. The molecule has 0 aromatic heterocycles. The maximum atomic E-state index is 5.93. The second-order valence-corrected chi connectivity index (χ2v) is 7.27. The third-order valence-corrected chi connectivity index (χ3v) is 5.27. The van der Waals surface area contributed by atoms with Crippen molar-refractivity contribution in [2.75, 3.05) is 0 Å². The van der Waals surface area contributed by atoms with Crippen molar-refractivity contribution in [3.05, 3.63) is 0 Å². The van der Waals surface area contributed by atoms with E-state index in [1.165, 1.54) is 19.3 Å². The number of alkyl halides is 4. The van der Waals surface area contributed by atoms with Gasteiger partial charge in [0.25, 0.3) is 0 Å². The molecule has 2 aliphatic carbocycles. The predicted octanol–water partition coefficient (Wildman–Crippen LogP) is 4.17. The summed E-state index contributed by atoms with van der Waals surface area (Å²) in [5.74, 6) is 1.60. The lowest BCUT2D eigenvalue weighted by Crippen LogP contribution is -2.33. The van der Waals surface area contributed by atoms with Crippen LogP contribution in [0.1, 0.15) is 19.3 Å². The summed E-state index contributed by atoms with van der Waals surface area (Å²) in [7, 11) is 0. The molecule has 0 aromatic carbocycles. The van der Waals surface area contributed by atoms with E-state index in [0.29, 0.717) is 10.7 Å². The molecule has 2 saturated carbocycles. The number of hydrogen-bond donors (Lipinski definition) is 0. The molecule has 12 heavy (non-hydrogen) atoms. The summed E-state index contributed by atoms with van der Waals surface area (Å²) in [6.07, 6.45) is 3.79. The van der Waals surface area contributed by atoms with Crippen molar-refractivity contribution in [3.8, 4) is 0 Å². The summed E-state index contributed by atoms with van der Waals surface area (Å²) in [6, 6.07) is 0. The molecule has 0 radical (unpaired) electrons. The van der Waals surface area contributed by atoms with Crippen molar-refractivity contribution in [1.82, 2.24) is 0 Å². The Hall–Kier alpha value is 1.35. The van der Waals surface area contributed by atoms with Gasteiger partial charge in [-0.3, -0.25) is 0 Å². The average Bonchev–Trinajstić information content (AvgIpc) is 2.42. The van der Waals surface area contributed by atoms with E-state index in [1.807, 2.05) is 0 Å². The quantitative estimate of drug-likeness (QED) is 0.588. The first-order valence-electron chi connectivity index (χ1n) is 4.21. The molecule has 0 amide bonds. The third-order valence-electron chi connectivity index (χ3n) is 3.19. The first-order chi connectivity index (χ1) is 5.50. The van der Waals surface area contributed by atoms with Gasteiger partial charge in [-0.2, -0.15) is 0 Å². The SMILES string of the molecule is ClC(Cl)(Cl)[C@@H]1C2CCC(C2)[C@@H]1Br. The second kappa shape index (κ2) is 3.18. The molecule has 70 valence electrons. The number of fused-ring (bicyclic) bond motifs is 2. The molecule has 0 saturated heterocycles. The number of halogens is 4. The lowest BCUT2D eigenvalue weighted by molar-refractivity contribution is 0.352. The van der Waals surface area contributed by atoms with Crippen molar-refractivity contribution >= 4 is 50.7 Å². The van der Waals surface area contributed by atoms with Gasteiger partial charge in [0.15, 0.2) is 3.79 Å². The van der Waals surface area contributed by atoms with E-state index >= 15 is 0 Å². The first-order valence-corrected chi connectivity index (χ1v) is 6.26.